The normalized spacial score (nSPS) is 11.4. The highest BCUT2D eigenvalue weighted by molar-refractivity contribution is 6.19. The van der Waals surface area contributed by atoms with Crippen LogP contribution in [0.4, 0.5) is 0 Å². The van der Waals surface area contributed by atoms with Gasteiger partial charge >= 0.3 is 0 Å². The van der Waals surface area contributed by atoms with E-state index in [1.54, 1.807) is 0 Å². The number of aromatic nitrogens is 2. The van der Waals surface area contributed by atoms with Gasteiger partial charge in [0.05, 0.1) is 11.4 Å². The number of furan rings is 1. The fraction of sp³-hybridized carbons (Fsp3) is 0. The molecule has 0 saturated heterocycles. The molecule has 0 fully saturated rings. The summed E-state index contributed by atoms with van der Waals surface area (Å²) in [5.41, 5.74) is 13.4. The van der Waals surface area contributed by atoms with E-state index < -0.39 is 0 Å². The highest BCUT2D eigenvalue weighted by atomic mass is 16.3. The molecule has 2 aromatic heterocycles. The average molecular weight is 677 g/mol. The fourth-order valence-electron chi connectivity index (χ4n) is 7.43. The number of rotatable bonds is 6. The molecule has 10 aromatic rings. The number of benzene rings is 8. The van der Waals surface area contributed by atoms with Crippen molar-refractivity contribution in [1.29, 1.82) is 0 Å². The number of hydrogen-bond acceptors (Lipinski definition) is 3. The van der Waals surface area contributed by atoms with Crippen LogP contribution in [0.15, 0.2) is 199 Å². The van der Waals surface area contributed by atoms with E-state index in [1.807, 2.05) is 18.2 Å². The van der Waals surface area contributed by atoms with Gasteiger partial charge in [0, 0.05) is 32.8 Å². The zero-order chi connectivity index (χ0) is 35.1. The third kappa shape index (κ3) is 5.65. The summed E-state index contributed by atoms with van der Waals surface area (Å²) in [5.74, 6) is 0.666. The van der Waals surface area contributed by atoms with E-state index in [9.17, 15) is 0 Å². The zero-order valence-electron chi connectivity index (χ0n) is 28.8. The van der Waals surface area contributed by atoms with Crippen molar-refractivity contribution in [3.63, 3.8) is 0 Å². The van der Waals surface area contributed by atoms with Crippen molar-refractivity contribution in [1.82, 2.24) is 9.97 Å². The lowest BCUT2D eigenvalue weighted by atomic mass is 9.97. The fourth-order valence-corrected chi connectivity index (χ4v) is 7.43. The summed E-state index contributed by atoms with van der Waals surface area (Å²) in [7, 11) is 0. The molecule has 0 aliphatic carbocycles. The van der Waals surface area contributed by atoms with Crippen molar-refractivity contribution in [3.8, 4) is 67.3 Å². The molecule has 0 saturated carbocycles. The van der Waals surface area contributed by atoms with E-state index in [-0.39, 0.29) is 0 Å². The third-order valence-electron chi connectivity index (χ3n) is 10.1. The maximum Gasteiger partial charge on any atom is 0.161 e. The molecule has 53 heavy (non-hydrogen) atoms. The summed E-state index contributed by atoms with van der Waals surface area (Å²) < 4.78 is 6.60. The Bertz CT molecular complexity index is 2830. The van der Waals surface area contributed by atoms with Crippen LogP contribution in [0.5, 0.6) is 0 Å². The Hall–Kier alpha value is -7.10. The lowest BCUT2D eigenvalue weighted by Gasteiger charge is -2.13. The van der Waals surface area contributed by atoms with Gasteiger partial charge in [0.1, 0.15) is 11.2 Å². The maximum absolute atomic E-state index is 6.60. The van der Waals surface area contributed by atoms with Gasteiger partial charge in [-0.15, -0.1) is 0 Å². The van der Waals surface area contributed by atoms with Gasteiger partial charge in [-0.05, 0) is 75.2 Å². The number of fused-ring (bicyclic) bond motifs is 5. The Kier molecular flexibility index (Phi) is 7.47. The Morgan fingerprint density at radius 3 is 1.34 bits per heavy atom. The first-order chi connectivity index (χ1) is 26.2. The van der Waals surface area contributed by atoms with Crippen LogP contribution in [-0.4, -0.2) is 9.97 Å². The predicted octanol–water partition coefficient (Wildman–Crippen LogP) is 13.5. The SMILES string of the molecule is c1ccc(-c2cccc(-c3cc(-c4cccc(-c5ccccc5)c4)nc(-c4cc5c6cc(-c7ccccc7)ccc6oc5c5ccccc45)n3)c2)cc1. The lowest BCUT2D eigenvalue weighted by molar-refractivity contribution is 0.673. The Morgan fingerprint density at radius 1 is 0.302 bits per heavy atom. The van der Waals surface area contributed by atoms with Crippen LogP contribution in [0.3, 0.4) is 0 Å². The Balaban J connectivity index is 1.22. The van der Waals surface area contributed by atoms with Crippen LogP contribution in [0, 0.1) is 0 Å². The second kappa shape index (κ2) is 12.9. The summed E-state index contributed by atoms with van der Waals surface area (Å²) in [5, 5.41) is 4.18. The van der Waals surface area contributed by atoms with Gasteiger partial charge in [-0.25, -0.2) is 9.97 Å². The minimum absolute atomic E-state index is 0.666. The van der Waals surface area contributed by atoms with Crippen LogP contribution in [0.2, 0.25) is 0 Å². The molecule has 0 aliphatic heterocycles. The summed E-state index contributed by atoms with van der Waals surface area (Å²) in [6.07, 6.45) is 0. The number of hydrogen-bond donors (Lipinski definition) is 0. The number of nitrogens with zero attached hydrogens (tertiary/aromatic N) is 2. The molecule has 3 nitrogen and oxygen atoms in total. The predicted molar refractivity (Wildman–Crippen MR) is 219 cm³/mol. The molecular formula is C50H32N2O. The van der Waals surface area contributed by atoms with E-state index in [0.717, 1.165) is 88.6 Å². The Morgan fingerprint density at radius 2 is 0.774 bits per heavy atom. The van der Waals surface area contributed by atoms with E-state index in [1.165, 1.54) is 5.56 Å². The van der Waals surface area contributed by atoms with Crippen LogP contribution in [0.25, 0.3) is 100.0 Å². The summed E-state index contributed by atoms with van der Waals surface area (Å²) in [4.78, 5) is 10.7. The van der Waals surface area contributed by atoms with Crippen LogP contribution < -0.4 is 0 Å². The second-order valence-electron chi connectivity index (χ2n) is 13.4. The van der Waals surface area contributed by atoms with Gasteiger partial charge < -0.3 is 4.42 Å². The average Bonchev–Trinajstić information content (AvgIpc) is 3.62. The van der Waals surface area contributed by atoms with Gasteiger partial charge in [-0.3, -0.25) is 0 Å². The van der Waals surface area contributed by atoms with Crippen LogP contribution >= 0.6 is 0 Å². The molecule has 10 rings (SSSR count). The second-order valence-corrected chi connectivity index (χ2v) is 13.4. The highest BCUT2D eigenvalue weighted by Gasteiger charge is 2.19. The van der Waals surface area contributed by atoms with Gasteiger partial charge in [0.15, 0.2) is 5.82 Å². The van der Waals surface area contributed by atoms with Crippen molar-refractivity contribution in [2.24, 2.45) is 0 Å². The molecule has 248 valence electrons. The molecule has 3 heteroatoms. The molecule has 0 atom stereocenters. The van der Waals surface area contributed by atoms with Crippen molar-refractivity contribution >= 4 is 32.7 Å². The third-order valence-corrected chi connectivity index (χ3v) is 10.1. The van der Waals surface area contributed by atoms with E-state index in [4.69, 9.17) is 14.4 Å². The largest absolute Gasteiger partial charge is 0.455 e. The molecule has 0 aliphatic rings. The molecule has 0 amide bonds. The van der Waals surface area contributed by atoms with Crippen molar-refractivity contribution < 1.29 is 4.42 Å². The monoisotopic (exact) mass is 676 g/mol. The molecule has 8 aromatic carbocycles. The van der Waals surface area contributed by atoms with Crippen LogP contribution in [-0.2, 0) is 0 Å². The van der Waals surface area contributed by atoms with Crippen molar-refractivity contribution in [3.05, 3.63) is 194 Å². The maximum atomic E-state index is 6.60. The highest BCUT2D eigenvalue weighted by Crippen LogP contribution is 2.41. The molecule has 0 radical (unpaired) electrons. The first kappa shape index (κ1) is 30.7. The van der Waals surface area contributed by atoms with Crippen molar-refractivity contribution in [2.75, 3.05) is 0 Å². The lowest BCUT2D eigenvalue weighted by Crippen LogP contribution is -1.97. The van der Waals surface area contributed by atoms with Crippen molar-refractivity contribution in [2.45, 2.75) is 0 Å². The minimum atomic E-state index is 0.666. The smallest absolute Gasteiger partial charge is 0.161 e. The van der Waals surface area contributed by atoms with Gasteiger partial charge in [0.2, 0.25) is 0 Å². The molecule has 2 heterocycles. The van der Waals surface area contributed by atoms with Crippen LogP contribution in [0.1, 0.15) is 0 Å². The van der Waals surface area contributed by atoms with Gasteiger partial charge in [0.25, 0.3) is 0 Å². The van der Waals surface area contributed by atoms with E-state index in [2.05, 4.69) is 176 Å². The zero-order valence-corrected chi connectivity index (χ0v) is 28.8. The summed E-state index contributed by atoms with van der Waals surface area (Å²) in [6, 6.07) is 67.9. The first-order valence-corrected chi connectivity index (χ1v) is 17.9. The summed E-state index contributed by atoms with van der Waals surface area (Å²) in [6.45, 7) is 0. The quantitative estimate of drug-likeness (QED) is 0.176. The topological polar surface area (TPSA) is 38.9 Å². The molecule has 0 bridgehead atoms. The van der Waals surface area contributed by atoms with E-state index in [0.29, 0.717) is 5.82 Å². The summed E-state index contributed by atoms with van der Waals surface area (Å²) >= 11 is 0. The Labute approximate surface area is 307 Å². The van der Waals surface area contributed by atoms with Gasteiger partial charge in [-0.1, -0.05) is 158 Å². The minimum Gasteiger partial charge on any atom is -0.455 e. The van der Waals surface area contributed by atoms with Gasteiger partial charge in [-0.2, -0.15) is 0 Å². The molecule has 0 N–H and O–H groups in total. The first-order valence-electron chi connectivity index (χ1n) is 17.9. The molecule has 0 unspecified atom stereocenters. The standard InChI is InChI=1S/C50H32N2O/c1-4-14-33(15-5-1)36-20-12-22-39(28-36)46-32-47(40-23-13-21-37(29-40)34-16-6-2-7-17-34)52-50(51-46)45-31-44-43-30-38(35-18-8-3-9-19-35)26-27-48(43)53-49(44)42-25-11-10-24-41(42)45/h1-32H. The molecule has 0 spiro atoms. The molecular weight excluding hydrogens is 645 g/mol. The van der Waals surface area contributed by atoms with E-state index >= 15 is 0 Å².